The number of sulfonamides is 1. The summed E-state index contributed by atoms with van der Waals surface area (Å²) in [5.74, 6) is 1.08. The third kappa shape index (κ3) is 4.73. The zero-order valence-electron chi connectivity index (χ0n) is 17.4. The molecule has 0 bridgehead atoms. The second kappa shape index (κ2) is 8.74. The molecule has 1 aliphatic rings. The number of amides is 1. The predicted molar refractivity (Wildman–Crippen MR) is 115 cm³/mol. The number of nitrogens with one attached hydrogen (secondary N) is 1. The Bertz CT molecular complexity index is 1080. The van der Waals surface area contributed by atoms with Crippen LogP contribution < -0.4 is 14.2 Å². The second-order valence-electron chi connectivity index (χ2n) is 6.93. The average molecular weight is 432 g/mol. The molecule has 1 aliphatic heterocycles. The van der Waals surface area contributed by atoms with Crippen molar-refractivity contribution >= 4 is 27.3 Å². The molecule has 1 N–H and O–H groups in total. The van der Waals surface area contributed by atoms with Gasteiger partial charge in [-0.05, 0) is 35.4 Å². The summed E-state index contributed by atoms with van der Waals surface area (Å²) >= 11 is 0. The van der Waals surface area contributed by atoms with Crippen LogP contribution in [0.15, 0.2) is 47.6 Å². The number of hydrazone groups is 1. The van der Waals surface area contributed by atoms with E-state index in [1.165, 1.54) is 5.01 Å². The van der Waals surface area contributed by atoms with Gasteiger partial charge in [-0.15, -0.1) is 0 Å². The van der Waals surface area contributed by atoms with Gasteiger partial charge in [0.2, 0.25) is 15.9 Å². The molecule has 1 amide bonds. The van der Waals surface area contributed by atoms with Gasteiger partial charge in [0.15, 0.2) is 11.5 Å². The second-order valence-corrected chi connectivity index (χ2v) is 8.68. The molecule has 3 rings (SSSR count). The molecule has 9 heteroatoms. The van der Waals surface area contributed by atoms with Crippen LogP contribution >= 0.6 is 0 Å². The molecule has 0 aliphatic carbocycles. The molecule has 2 aromatic rings. The number of hydrogen-bond donors (Lipinski definition) is 1. The van der Waals surface area contributed by atoms with Crippen LogP contribution in [0.5, 0.6) is 11.5 Å². The van der Waals surface area contributed by atoms with Crippen molar-refractivity contribution in [3.8, 4) is 11.5 Å². The highest BCUT2D eigenvalue weighted by atomic mass is 32.2. The molecular formula is C21H25N3O5S. The first kappa shape index (κ1) is 21.6. The van der Waals surface area contributed by atoms with Crippen molar-refractivity contribution < 1.29 is 22.7 Å². The van der Waals surface area contributed by atoms with Gasteiger partial charge in [0.1, 0.15) is 0 Å². The number of benzene rings is 2. The van der Waals surface area contributed by atoms with E-state index in [4.69, 9.17) is 9.47 Å². The summed E-state index contributed by atoms with van der Waals surface area (Å²) in [6, 6.07) is 12.2. The molecule has 2 aromatic carbocycles. The Hall–Kier alpha value is -3.07. The lowest BCUT2D eigenvalue weighted by Crippen LogP contribution is -2.26. The number of methoxy groups -OCH3 is 2. The third-order valence-electron chi connectivity index (χ3n) is 4.76. The van der Waals surface area contributed by atoms with Crippen molar-refractivity contribution in [1.29, 1.82) is 0 Å². The molecular weight excluding hydrogens is 406 g/mol. The van der Waals surface area contributed by atoms with Crippen LogP contribution in [0, 0.1) is 0 Å². The molecule has 1 heterocycles. The Balaban J connectivity index is 1.96. The number of hydrogen-bond acceptors (Lipinski definition) is 6. The first-order chi connectivity index (χ1) is 14.3. The van der Waals surface area contributed by atoms with Gasteiger partial charge in [-0.1, -0.05) is 25.1 Å². The van der Waals surface area contributed by atoms with Gasteiger partial charge in [0, 0.05) is 18.5 Å². The summed E-state index contributed by atoms with van der Waals surface area (Å²) < 4.78 is 36.3. The van der Waals surface area contributed by atoms with Gasteiger partial charge in [-0.3, -0.25) is 9.52 Å². The Morgan fingerprint density at radius 3 is 2.53 bits per heavy atom. The molecule has 1 atom stereocenters. The maximum Gasteiger partial charge on any atom is 0.242 e. The predicted octanol–water partition coefficient (Wildman–Crippen LogP) is 3.16. The van der Waals surface area contributed by atoms with E-state index >= 15 is 0 Å². The summed E-state index contributed by atoms with van der Waals surface area (Å²) in [4.78, 5) is 12.6. The Labute approximate surface area is 176 Å². The van der Waals surface area contributed by atoms with Gasteiger partial charge in [0.25, 0.3) is 0 Å². The van der Waals surface area contributed by atoms with E-state index in [0.29, 0.717) is 35.7 Å². The zero-order chi connectivity index (χ0) is 21.9. The Kier molecular flexibility index (Phi) is 6.31. The van der Waals surface area contributed by atoms with E-state index in [9.17, 15) is 13.2 Å². The van der Waals surface area contributed by atoms with Crippen molar-refractivity contribution in [2.75, 3.05) is 25.2 Å². The minimum absolute atomic E-state index is 0.102. The Morgan fingerprint density at radius 2 is 1.90 bits per heavy atom. The fourth-order valence-corrected chi connectivity index (χ4v) is 3.93. The minimum Gasteiger partial charge on any atom is -0.493 e. The normalized spacial score (nSPS) is 16.2. The van der Waals surface area contributed by atoms with Gasteiger partial charge < -0.3 is 9.47 Å². The fraction of sp³-hybridized carbons (Fsp3) is 0.333. The molecule has 0 saturated heterocycles. The van der Waals surface area contributed by atoms with Crippen molar-refractivity contribution in [3.05, 3.63) is 53.6 Å². The van der Waals surface area contributed by atoms with E-state index in [2.05, 4.69) is 9.82 Å². The topological polar surface area (TPSA) is 97.3 Å². The minimum atomic E-state index is -3.39. The number of rotatable bonds is 7. The first-order valence-electron chi connectivity index (χ1n) is 9.45. The van der Waals surface area contributed by atoms with Crippen LogP contribution in [-0.2, 0) is 14.8 Å². The average Bonchev–Trinajstić information content (AvgIpc) is 3.17. The van der Waals surface area contributed by atoms with E-state index in [1.807, 2.05) is 18.2 Å². The number of ether oxygens (including phenoxy) is 2. The van der Waals surface area contributed by atoms with E-state index in [-0.39, 0.29) is 11.9 Å². The van der Waals surface area contributed by atoms with E-state index < -0.39 is 10.0 Å². The van der Waals surface area contributed by atoms with Crippen molar-refractivity contribution in [2.24, 2.45) is 5.10 Å². The monoisotopic (exact) mass is 431 g/mol. The molecule has 0 radical (unpaired) electrons. The van der Waals surface area contributed by atoms with E-state index in [0.717, 1.165) is 17.4 Å². The van der Waals surface area contributed by atoms with Gasteiger partial charge in [-0.2, -0.15) is 5.10 Å². The molecule has 0 aromatic heterocycles. The number of carbonyl (C=O) groups is 1. The van der Waals surface area contributed by atoms with Crippen LogP contribution in [0.3, 0.4) is 0 Å². The third-order valence-corrected chi connectivity index (χ3v) is 5.37. The highest BCUT2D eigenvalue weighted by Crippen LogP contribution is 2.37. The van der Waals surface area contributed by atoms with Crippen LogP contribution in [0.1, 0.15) is 36.9 Å². The van der Waals surface area contributed by atoms with Crippen molar-refractivity contribution in [2.45, 2.75) is 25.8 Å². The molecule has 0 saturated carbocycles. The van der Waals surface area contributed by atoms with Crippen LogP contribution in [0.2, 0.25) is 0 Å². The van der Waals surface area contributed by atoms with Crippen LogP contribution in [0.4, 0.5) is 5.69 Å². The number of carbonyl (C=O) groups excluding carboxylic acids is 1. The maximum atomic E-state index is 12.6. The lowest BCUT2D eigenvalue weighted by atomic mass is 9.97. The maximum absolute atomic E-state index is 12.6. The molecule has 30 heavy (non-hydrogen) atoms. The fourth-order valence-electron chi connectivity index (χ4n) is 3.37. The lowest BCUT2D eigenvalue weighted by molar-refractivity contribution is -0.132. The molecule has 0 fully saturated rings. The highest BCUT2D eigenvalue weighted by molar-refractivity contribution is 7.92. The standard InChI is InChI=1S/C21H25N3O5S/c1-5-21(25)24-18(15-9-10-19(28-2)20(12-15)29-3)13-17(22-24)14-7-6-8-16(11-14)23-30(4,26)27/h6-12,18,23H,5,13H2,1-4H3. The smallest absolute Gasteiger partial charge is 0.242 e. The van der Waals surface area contributed by atoms with Gasteiger partial charge >= 0.3 is 0 Å². The largest absolute Gasteiger partial charge is 0.493 e. The summed E-state index contributed by atoms with van der Waals surface area (Å²) in [5, 5.41) is 6.07. The number of nitrogens with zero attached hydrogens (tertiary/aromatic N) is 2. The SMILES string of the molecule is CCC(=O)N1N=C(c2cccc(NS(C)(=O)=O)c2)CC1c1ccc(OC)c(OC)c1. The van der Waals surface area contributed by atoms with Crippen LogP contribution in [-0.4, -0.2) is 45.5 Å². The highest BCUT2D eigenvalue weighted by Gasteiger charge is 2.33. The van der Waals surface area contributed by atoms with Crippen molar-refractivity contribution in [3.63, 3.8) is 0 Å². The van der Waals surface area contributed by atoms with Gasteiger partial charge in [-0.25, -0.2) is 13.4 Å². The summed E-state index contributed by atoms with van der Waals surface area (Å²) in [7, 11) is -0.263. The zero-order valence-corrected chi connectivity index (χ0v) is 18.2. The van der Waals surface area contributed by atoms with Gasteiger partial charge in [0.05, 0.1) is 32.2 Å². The first-order valence-corrected chi connectivity index (χ1v) is 11.3. The van der Waals surface area contributed by atoms with Crippen LogP contribution in [0.25, 0.3) is 0 Å². The van der Waals surface area contributed by atoms with E-state index in [1.54, 1.807) is 45.4 Å². The summed E-state index contributed by atoms with van der Waals surface area (Å²) in [6.45, 7) is 1.79. The molecule has 0 spiro atoms. The number of anilines is 1. The lowest BCUT2D eigenvalue weighted by Gasteiger charge is -2.22. The van der Waals surface area contributed by atoms with Crippen molar-refractivity contribution in [1.82, 2.24) is 5.01 Å². The summed E-state index contributed by atoms with van der Waals surface area (Å²) in [5.41, 5.74) is 2.77. The molecule has 1 unspecified atom stereocenters. The Morgan fingerprint density at radius 1 is 1.17 bits per heavy atom. The molecule has 8 nitrogen and oxygen atoms in total. The molecule has 160 valence electrons. The summed E-state index contributed by atoms with van der Waals surface area (Å²) in [6.07, 6.45) is 1.90. The quantitative estimate of drug-likeness (QED) is 0.726.